The maximum Gasteiger partial charge on any atom is 0.255 e. The van der Waals surface area contributed by atoms with Crippen LogP contribution in [0.3, 0.4) is 0 Å². The molecule has 2 aromatic heterocycles. The van der Waals surface area contributed by atoms with Gasteiger partial charge in [0.25, 0.3) is 5.78 Å². The van der Waals surface area contributed by atoms with E-state index in [0.717, 1.165) is 18.4 Å². The van der Waals surface area contributed by atoms with E-state index in [2.05, 4.69) is 15.1 Å². The molecule has 1 fully saturated rings. The molecule has 1 aliphatic carbocycles. The van der Waals surface area contributed by atoms with Gasteiger partial charge in [0.1, 0.15) is 17.3 Å². The summed E-state index contributed by atoms with van der Waals surface area (Å²) in [6.45, 7) is 0. The van der Waals surface area contributed by atoms with Crippen molar-refractivity contribution in [1.82, 2.24) is 19.6 Å². The molecule has 0 aromatic carbocycles. The zero-order chi connectivity index (χ0) is 11.8. The molecule has 3 rings (SSSR count). The number of hydrogen-bond acceptors (Lipinski definition) is 4. The summed E-state index contributed by atoms with van der Waals surface area (Å²) in [4.78, 5) is 8.25. The van der Waals surface area contributed by atoms with Gasteiger partial charge in [0.15, 0.2) is 0 Å². The normalized spacial score (nSPS) is 17.7. The molecule has 1 saturated carbocycles. The third kappa shape index (κ3) is 1.74. The zero-order valence-electron chi connectivity index (χ0n) is 9.43. The molecule has 2 aromatic rings. The van der Waals surface area contributed by atoms with E-state index in [4.69, 9.17) is 17.3 Å². The summed E-state index contributed by atoms with van der Waals surface area (Å²) in [5.74, 6) is 1.47. The molecule has 0 unspecified atom stereocenters. The van der Waals surface area contributed by atoms with Gasteiger partial charge >= 0.3 is 0 Å². The van der Waals surface area contributed by atoms with Gasteiger partial charge in [0.2, 0.25) is 0 Å². The van der Waals surface area contributed by atoms with E-state index in [-0.39, 0.29) is 0 Å². The quantitative estimate of drug-likeness (QED) is 0.791. The first-order valence-corrected chi connectivity index (χ1v) is 6.30. The lowest BCUT2D eigenvalue weighted by Gasteiger charge is -2.23. The standard InChI is InChI=1S/C11H14ClN5/c12-9-8(7-4-2-1-3-5-7)10(13)17-11(16-9)14-6-15-17/h6-7H,1-5,13H2. The van der Waals surface area contributed by atoms with Crippen molar-refractivity contribution in [3.05, 3.63) is 17.0 Å². The number of nitrogen functional groups attached to an aromatic ring is 1. The highest BCUT2D eigenvalue weighted by Crippen LogP contribution is 2.38. The first-order chi connectivity index (χ1) is 8.27. The van der Waals surface area contributed by atoms with Gasteiger partial charge in [-0.1, -0.05) is 30.9 Å². The molecule has 0 radical (unpaired) electrons. The lowest BCUT2D eigenvalue weighted by atomic mass is 9.85. The average Bonchev–Trinajstić information content (AvgIpc) is 2.78. The number of halogens is 1. The Morgan fingerprint density at radius 3 is 2.82 bits per heavy atom. The van der Waals surface area contributed by atoms with Crippen LogP contribution in [0.25, 0.3) is 5.78 Å². The van der Waals surface area contributed by atoms with E-state index in [1.54, 1.807) is 4.52 Å². The van der Waals surface area contributed by atoms with E-state index in [1.807, 2.05) is 0 Å². The lowest BCUT2D eigenvalue weighted by molar-refractivity contribution is 0.442. The summed E-state index contributed by atoms with van der Waals surface area (Å²) < 4.78 is 1.57. The predicted octanol–water partition coefficient (Wildman–Crippen LogP) is 2.41. The topological polar surface area (TPSA) is 69.1 Å². The fraction of sp³-hybridized carbons (Fsp3) is 0.545. The number of nitrogens with zero attached hydrogens (tertiary/aromatic N) is 4. The SMILES string of the molecule is Nc1c(C2CCCCC2)c(Cl)nc2ncnn12. The molecule has 90 valence electrons. The molecule has 6 heteroatoms. The average molecular weight is 252 g/mol. The summed E-state index contributed by atoms with van der Waals surface area (Å²) in [7, 11) is 0. The number of fused-ring (bicyclic) bond motifs is 1. The maximum atomic E-state index is 6.23. The van der Waals surface area contributed by atoms with Gasteiger partial charge in [-0.05, 0) is 18.8 Å². The van der Waals surface area contributed by atoms with Gasteiger partial charge < -0.3 is 5.73 Å². The minimum Gasteiger partial charge on any atom is -0.383 e. The van der Waals surface area contributed by atoms with E-state index in [9.17, 15) is 0 Å². The molecule has 0 spiro atoms. The van der Waals surface area contributed by atoms with Crippen LogP contribution in [0.5, 0.6) is 0 Å². The Morgan fingerprint density at radius 2 is 2.06 bits per heavy atom. The zero-order valence-corrected chi connectivity index (χ0v) is 10.2. The predicted molar refractivity (Wildman–Crippen MR) is 66.0 cm³/mol. The highest BCUT2D eigenvalue weighted by molar-refractivity contribution is 6.30. The number of nitrogens with two attached hydrogens (primary N) is 1. The van der Waals surface area contributed by atoms with Crippen molar-refractivity contribution in [2.45, 2.75) is 38.0 Å². The van der Waals surface area contributed by atoms with Crippen LogP contribution in [0.2, 0.25) is 5.15 Å². The Kier molecular flexibility index (Phi) is 2.63. The monoisotopic (exact) mass is 251 g/mol. The van der Waals surface area contributed by atoms with E-state index in [0.29, 0.717) is 22.7 Å². The molecular formula is C11H14ClN5. The highest BCUT2D eigenvalue weighted by Gasteiger charge is 2.23. The molecule has 17 heavy (non-hydrogen) atoms. The number of rotatable bonds is 1. The number of aromatic nitrogens is 4. The molecule has 0 saturated heterocycles. The van der Waals surface area contributed by atoms with Crippen molar-refractivity contribution in [3.8, 4) is 0 Å². The fourth-order valence-corrected chi connectivity index (χ4v) is 2.94. The number of hydrogen-bond donors (Lipinski definition) is 1. The Hall–Kier alpha value is -1.36. The molecule has 0 bridgehead atoms. The van der Waals surface area contributed by atoms with Crippen LogP contribution in [0, 0.1) is 0 Å². The van der Waals surface area contributed by atoms with Crippen molar-refractivity contribution in [1.29, 1.82) is 0 Å². The minimum atomic E-state index is 0.414. The van der Waals surface area contributed by atoms with Gasteiger partial charge in [-0.15, -0.1) is 0 Å². The molecule has 2 N–H and O–H groups in total. The van der Waals surface area contributed by atoms with E-state index < -0.39 is 0 Å². The van der Waals surface area contributed by atoms with Crippen molar-refractivity contribution in [2.75, 3.05) is 5.73 Å². The Labute approximate surface area is 104 Å². The molecule has 0 atom stereocenters. The second-order valence-electron chi connectivity index (χ2n) is 4.51. The maximum absolute atomic E-state index is 6.23. The lowest BCUT2D eigenvalue weighted by Crippen LogP contribution is -2.13. The smallest absolute Gasteiger partial charge is 0.255 e. The largest absolute Gasteiger partial charge is 0.383 e. The summed E-state index contributed by atoms with van der Waals surface area (Å²) in [6.07, 6.45) is 7.47. The van der Waals surface area contributed by atoms with Crippen LogP contribution < -0.4 is 5.73 Å². The van der Waals surface area contributed by atoms with Crippen molar-refractivity contribution in [3.63, 3.8) is 0 Å². The van der Waals surface area contributed by atoms with Gasteiger partial charge in [0, 0.05) is 5.56 Å². The van der Waals surface area contributed by atoms with E-state index in [1.165, 1.54) is 25.6 Å². The highest BCUT2D eigenvalue weighted by atomic mass is 35.5. The Morgan fingerprint density at radius 1 is 1.29 bits per heavy atom. The van der Waals surface area contributed by atoms with Crippen molar-refractivity contribution >= 4 is 23.2 Å². The summed E-state index contributed by atoms with van der Waals surface area (Å²) >= 11 is 6.23. The molecule has 2 heterocycles. The summed E-state index contributed by atoms with van der Waals surface area (Å²) in [5.41, 5.74) is 7.08. The fourth-order valence-electron chi connectivity index (χ4n) is 2.62. The molecule has 0 amide bonds. The minimum absolute atomic E-state index is 0.414. The summed E-state index contributed by atoms with van der Waals surface area (Å²) in [6, 6.07) is 0. The van der Waals surface area contributed by atoms with Gasteiger partial charge in [-0.3, -0.25) is 0 Å². The van der Waals surface area contributed by atoms with Crippen LogP contribution in [-0.2, 0) is 0 Å². The molecule has 1 aliphatic rings. The Bertz CT molecular complexity index is 544. The second-order valence-corrected chi connectivity index (χ2v) is 4.87. The third-order valence-electron chi connectivity index (χ3n) is 3.47. The first-order valence-electron chi connectivity index (χ1n) is 5.92. The van der Waals surface area contributed by atoms with Gasteiger partial charge in [-0.25, -0.2) is 0 Å². The van der Waals surface area contributed by atoms with Crippen molar-refractivity contribution in [2.24, 2.45) is 0 Å². The van der Waals surface area contributed by atoms with Crippen LogP contribution in [0.4, 0.5) is 5.82 Å². The van der Waals surface area contributed by atoms with Crippen LogP contribution in [0.15, 0.2) is 6.33 Å². The van der Waals surface area contributed by atoms with Gasteiger partial charge in [0.05, 0.1) is 0 Å². The summed E-state index contributed by atoms with van der Waals surface area (Å²) in [5, 5.41) is 4.56. The second kappa shape index (κ2) is 4.14. The Balaban J connectivity index is 2.13. The van der Waals surface area contributed by atoms with Crippen LogP contribution >= 0.6 is 11.6 Å². The third-order valence-corrected chi connectivity index (χ3v) is 3.76. The number of anilines is 1. The van der Waals surface area contributed by atoms with Crippen LogP contribution in [0.1, 0.15) is 43.6 Å². The van der Waals surface area contributed by atoms with Crippen LogP contribution in [-0.4, -0.2) is 19.6 Å². The molecule has 5 nitrogen and oxygen atoms in total. The molecular weight excluding hydrogens is 238 g/mol. The van der Waals surface area contributed by atoms with E-state index >= 15 is 0 Å². The first kappa shape index (κ1) is 10.8. The molecule has 0 aliphatic heterocycles. The van der Waals surface area contributed by atoms with Crippen molar-refractivity contribution < 1.29 is 0 Å². The van der Waals surface area contributed by atoms with Gasteiger partial charge in [-0.2, -0.15) is 19.6 Å².